The van der Waals surface area contributed by atoms with Crippen LogP contribution in [0.25, 0.3) is 0 Å². The van der Waals surface area contributed by atoms with Gasteiger partial charge in [-0.2, -0.15) is 0 Å². The Kier molecular flexibility index (Phi) is 15.1. The monoisotopic (exact) mass is 203 g/mol. The van der Waals surface area contributed by atoms with E-state index in [2.05, 4.69) is 25.7 Å². The number of likely N-dealkylation sites (N-methyl/N-ethyl adjacent to an activating group) is 1. The zero-order valence-electron chi connectivity index (χ0n) is 10.7. The number of unbranched alkanes of at least 4 members (excludes halogenated alkanes) is 1. The lowest BCUT2D eigenvalue weighted by Gasteiger charge is -2.28. The summed E-state index contributed by atoms with van der Waals surface area (Å²) < 4.78 is 0. The third-order valence-electron chi connectivity index (χ3n) is 2.40. The standard InChI is InChI=1S/C10H23NO.C2H6/c1-4-7-8-11(6-3)10(5-2)9-12;1-2/h10,12H,4-9H2,1-3H3;1-2H3. The van der Waals surface area contributed by atoms with Crippen LogP contribution < -0.4 is 0 Å². The van der Waals surface area contributed by atoms with Crippen LogP contribution in [0.5, 0.6) is 0 Å². The van der Waals surface area contributed by atoms with Crippen molar-refractivity contribution in [1.82, 2.24) is 4.90 Å². The summed E-state index contributed by atoms with van der Waals surface area (Å²) in [5.74, 6) is 0. The molecule has 0 aromatic heterocycles. The molecule has 1 unspecified atom stereocenters. The van der Waals surface area contributed by atoms with Crippen LogP contribution in [0.2, 0.25) is 0 Å². The molecule has 0 aliphatic carbocycles. The van der Waals surface area contributed by atoms with Crippen LogP contribution in [0.3, 0.4) is 0 Å². The molecule has 0 aromatic carbocycles. The summed E-state index contributed by atoms with van der Waals surface area (Å²) in [4.78, 5) is 2.36. The van der Waals surface area contributed by atoms with Gasteiger partial charge >= 0.3 is 0 Å². The Bertz CT molecular complexity index is 92.3. The smallest absolute Gasteiger partial charge is 0.0586 e. The molecule has 0 saturated heterocycles. The van der Waals surface area contributed by atoms with Crippen LogP contribution in [0.1, 0.15) is 53.9 Å². The average molecular weight is 203 g/mol. The van der Waals surface area contributed by atoms with E-state index >= 15 is 0 Å². The number of aliphatic hydroxyl groups is 1. The fraction of sp³-hybridized carbons (Fsp3) is 1.00. The summed E-state index contributed by atoms with van der Waals surface area (Å²) in [6.45, 7) is 13.0. The molecule has 0 spiro atoms. The van der Waals surface area contributed by atoms with Gasteiger partial charge in [-0.3, -0.25) is 4.90 Å². The van der Waals surface area contributed by atoms with E-state index in [1.54, 1.807) is 0 Å². The maximum Gasteiger partial charge on any atom is 0.0586 e. The molecule has 0 saturated carbocycles. The highest BCUT2D eigenvalue weighted by Crippen LogP contribution is 2.04. The van der Waals surface area contributed by atoms with Crippen LogP contribution in [0.4, 0.5) is 0 Å². The number of nitrogens with zero attached hydrogens (tertiary/aromatic N) is 1. The fourth-order valence-electron chi connectivity index (χ4n) is 1.46. The molecule has 0 aliphatic heterocycles. The van der Waals surface area contributed by atoms with Crippen molar-refractivity contribution >= 4 is 0 Å². The summed E-state index contributed by atoms with van der Waals surface area (Å²) in [7, 11) is 0. The SMILES string of the molecule is CC.CCCCN(CC)C(CC)CO. The largest absolute Gasteiger partial charge is 0.395 e. The van der Waals surface area contributed by atoms with E-state index in [0.29, 0.717) is 12.6 Å². The summed E-state index contributed by atoms with van der Waals surface area (Å²) in [5.41, 5.74) is 0. The van der Waals surface area contributed by atoms with Gasteiger partial charge in [0.15, 0.2) is 0 Å². The van der Waals surface area contributed by atoms with E-state index in [0.717, 1.165) is 19.5 Å². The van der Waals surface area contributed by atoms with Crippen molar-refractivity contribution in [3.05, 3.63) is 0 Å². The highest BCUT2D eigenvalue weighted by atomic mass is 16.3. The minimum Gasteiger partial charge on any atom is -0.395 e. The molecule has 1 atom stereocenters. The summed E-state index contributed by atoms with van der Waals surface area (Å²) in [6.07, 6.45) is 3.52. The number of hydrogen-bond acceptors (Lipinski definition) is 2. The zero-order valence-corrected chi connectivity index (χ0v) is 10.7. The maximum absolute atomic E-state index is 9.09. The minimum atomic E-state index is 0.300. The van der Waals surface area contributed by atoms with Crippen LogP contribution in [-0.4, -0.2) is 35.7 Å². The van der Waals surface area contributed by atoms with Gasteiger partial charge < -0.3 is 5.11 Å². The van der Waals surface area contributed by atoms with Gasteiger partial charge in [-0.05, 0) is 25.9 Å². The summed E-state index contributed by atoms with van der Waals surface area (Å²) in [6, 6.07) is 0.376. The molecule has 2 heteroatoms. The van der Waals surface area contributed by atoms with E-state index in [4.69, 9.17) is 5.11 Å². The molecule has 88 valence electrons. The molecule has 0 aromatic rings. The topological polar surface area (TPSA) is 23.5 Å². The second kappa shape index (κ2) is 12.9. The van der Waals surface area contributed by atoms with Gasteiger partial charge in [0.1, 0.15) is 0 Å². The van der Waals surface area contributed by atoms with Crippen molar-refractivity contribution in [3.8, 4) is 0 Å². The van der Waals surface area contributed by atoms with Crippen molar-refractivity contribution in [2.75, 3.05) is 19.7 Å². The average Bonchev–Trinajstić information content (AvgIpc) is 2.27. The minimum absolute atomic E-state index is 0.300. The molecule has 2 nitrogen and oxygen atoms in total. The van der Waals surface area contributed by atoms with Gasteiger partial charge in [-0.1, -0.05) is 41.0 Å². The molecule has 0 radical (unpaired) electrons. The third kappa shape index (κ3) is 7.34. The zero-order chi connectivity index (χ0) is 11.4. The van der Waals surface area contributed by atoms with Gasteiger partial charge in [-0.15, -0.1) is 0 Å². The molecule has 0 fully saturated rings. The van der Waals surface area contributed by atoms with Crippen LogP contribution >= 0.6 is 0 Å². The van der Waals surface area contributed by atoms with Crippen molar-refractivity contribution in [3.63, 3.8) is 0 Å². The van der Waals surface area contributed by atoms with Crippen molar-refractivity contribution in [1.29, 1.82) is 0 Å². The molecule has 1 N–H and O–H groups in total. The summed E-state index contributed by atoms with van der Waals surface area (Å²) >= 11 is 0. The first-order valence-electron chi connectivity index (χ1n) is 6.14. The Balaban J connectivity index is 0. The lowest BCUT2D eigenvalue weighted by Crippen LogP contribution is -2.38. The first-order valence-corrected chi connectivity index (χ1v) is 6.14. The Hall–Kier alpha value is -0.0800. The van der Waals surface area contributed by atoms with Crippen molar-refractivity contribution in [2.45, 2.75) is 59.9 Å². The van der Waals surface area contributed by atoms with E-state index in [1.165, 1.54) is 12.8 Å². The molecular formula is C12H29NO. The van der Waals surface area contributed by atoms with Crippen molar-refractivity contribution < 1.29 is 5.11 Å². The number of rotatable bonds is 7. The molecular weight excluding hydrogens is 174 g/mol. The number of hydrogen-bond donors (Lipinski definition) is 1. The van der Waals surface area contributed by atoms with Gasteiger partial charge in [0.25, 0.3) is 0 Å². The first kappa shape index (κ1) is 16.4. The first-order chi connectivity index (χ1) is 6.79. The molecule has 0 bridgehead atoms. The second-order valence-electron chi connectivity index (χ2n) is 3.23. The Morgan fingerprint density at radius 3 is 2.00 bits per heavy atom. The predicted molar refractivity (Wildman–Crippen MR) is 64.7 cm³/mol. The molecule has 0 amide bonds. The molecule has 0 aliphatic rings. The van der Waals surface area contributed by atoms with Gasteiger partial charge in [-0.25, -0.2) is 0 Å². The van der Waals surface area contributed by atoms with E-state index < -0.39 is 0 Å². The molecule has 0 rings (SSSR count). The highest BCUT2D eigenvalue weighted by molar-refractivity contribution is 4.67. The third-order valence-corrected chi connectivity index (χ3v) is 2.40. The lowest BCUT2D eigenvalue weighted by atomic mass is 10.2. The van der Waals surface area contributed by atoms with E-state index in [9.17, 15) is 0 Å². The van der Waals surface area contributed by atoms with E-state index in [-0.39, 0.29) is 0 Å². The van der Waals surface area contributed by atoms with Gasteiger partial charge in [0.05, 0.1) is 6.61 Å². The normalized spacial score (nSPS) is 12.2. The highest BCUT2D eigenvalue weighted by Gasteiger charge is 2.12. The Morgan fingerprint density at radius 2 is 1.71 bits per heavy atom. The number of aliphatic hydroxyl groups excluding tert-OH is 1. The maximum atomic E-state index is 9.09. The van der Waals surface area contributed by atoms with Gasteiger partial charge in [0, 0.05) is 6.04 Å². The van der Waals surface area contributed by atoms with Crippen molar-refractivity contribution in [2.24, 2.45) is 0 Å². The lowest BCUT2D eigenvalue weighted by molar-refractivity contribution is 0.123. The Morgan fingerprint density at radius 1 is 1.14 bits per heavy atom. The molecule has 0 heterocycles. The van der Waals surface area contributed by atoms with Gasteiger partial charge in [0.2, 0.25) is 0 Å². The quantitative estimate of drug-likeness (QED) is 0.688. The van der Waals surface area contributed by atoms with E-state index in [1.807, 2.05) is 13.8 Å². The summed E-state index contributed by atoms with van der Waals surface area (Å²) in [5, 5.41) is 9.09. The van der Waals surface area contributed by atoms with Crippen LogP contribution in [-0.2, 0) is 0 Å². The Labute approximate surface area is 90.3 Å². The molecule has 14 heavy (non-hydrogen) atoms. The second-order valence-corrected chi connectivity index (χ2v) is 3.23. The van der Waals surface area contributed by atoms with Crippen LogP contribution in [0, 0.1) is 0 Å². The van der Waals surface area contributed by atoms with Crippen LogP contribution in [0.15, 0.2) is 0 Å². The fourth-order valence-corrected chi connectivity index (χ4v) is 1.46. The predicted octanol–water partition coefficient (Wildman–Crippen LogP) is 2.91.